The van der Waals surface area contributed by atoms with E-state index in [2.05, 4.69) is 15.3 Å². The first-order valence-electron chi connectivity index (χ1n) is 10.3. The summed E-state index contributed by atoms with van der Waals surface area (Å²) in [7, 11) is 1.60. The Hall–Kier alpha value is -3.00. The molecule has 1 saturated heterocycles. The summed E-state index contributed by atoms with van der Waals surface area (Å²) in [6.07, 6.45) is 3.00. The lowest BCUT2D eigenvalue weighted by Gasteiger charge is -2.20. The Kier molecular flexibility index (Phi) is 6.46. The number of carbonyl (C=O) groups is 2. The zero-order chi connectivity index (χ0) is 21.8. The number of anilines is 1. The molecule has 0 saturated carbocycles. The summed E-state index contributed by atoms with van der Waals surface area (Å²) in [6, 6.07) is 14.9. The van der Waals surface area contributed by atoms with E-state index in [0.29, 0.717) is 6.54 Å². The van der Waals surface area contributed by atoms with Crippen LogP contribution in [0.4, 0.5) is 5.69 Å². The molecule has 2 heterocycles. The molecule has 3 aromatic rings. The molecule has 0 aliphatic carbocycles. The van der Waals surface area contributed by atoms with Crippen LogP contribution in [-0.2, 0) is 9.59 Å². The Morgan fingerprint density at radius 1 is 1.29 bits per heavy atom. The molecule has 1 aliphatic heterocycles. The zero-order valence-electron chi connectivity index (χ0n) is 17.6. The standard InChI is InChI=1S/C23H26N4O3S/c1-30-17-9-7-16(8-10-17)27-14-15(13-21(27)28)23(29)26-20(11-12-31-2)22-24-18-5-3-4-6-19(18)25-22/h3-10,15,20H,11-14H2,1-2H3,(H,24,25)(H,26,29)/t15-,20+/m0/s1. The first-order valence-corrected chi connectivity index (χ1v) is 11.7. The lowest BCUT2D eigenvalue weighted by molar-refractivity contribution is -0.127. The molecule has 31 heavy (non-hydrogen) atoms. The van der Waals surface area contributed by atoms with Crippen molar-refractivity contribution >= 4 is 40.3 Å². The number of carbonyl (C=O) groups excluding carboxylic acids is 2. The quantitative estimate of drug-likeness (QED) is 0.562. The maximum Gasteiger partial charge on any atom is 0.227 e. The molecule has 1 aliphatic rings. The van der Waals surface area contributed by atoms with Crippen molar-refractivity contribution in [1.82, 2.24) is 15.3 Å². The fourth-order valence-electron chi connectivity index (χ4n) is 3.83. The molecule has 2 amide bonds. The van der Waals surface area contributed by atoms with Crippen molar-refractivity contribution in [3.8, 4) is 5.75 Å². The van der Waals surface area contributed by atoms with Gasteiger partial charge in [-0.2, -0.15) is 11.8 Å². The van der Waals surface area contributed by atoms with E-state index in [1.54, 1.807) is 23.8 Å². The third-order valence-corrected chi connectivity index (χ3v) is 6.19. The molecular formula is C23H26N4O3S. The second-order valence-corrected chi connectivity index (χ2v) is 8.57. The number of para-hydroxylation sites is 2. The van der Waals surface area contributed by atoms with Crippen molar-refractivity contribution in [3.05, 3.63) is 54.4 Å². The number of rotatable bonds is 8. The minimum absolute atomic E-state index is 0.0466. The highest BCUT2D eigenvalue weighted by Crippen LogP contribution is 2.28. The normalized spacial score (nSPS) is 17.2. The largest absolute Gasteiger partial charge is 0.497 e. The fraction of sp³-hybridized carbons (Fsp3) is 0.348. The van der Waals surface area contributed by atoms with Crippen LogP contribution in [0, 0.1) is 5.92 Å². The summed E-state index contributed by atoms with van der Waals surface area (Å²) in [5.41, 5.74) is 2.60. The molecule has 0 unspecified atom stereocenters. The Labute approximate surface area is 185 Å². The van der Waals surface area contributed by atoms with Crippen LogP contribution in [0.15, 0.2) is 48.5 Å². The van der Waals surface area contributed by atoms with Gasteiger partial charge in [0.15, 0.2) is 0 Å². The first kappa shape index (κ1) is 21.2. The minimum atomic E-state index is -0.393. The van der Waals surface area contributed by atoms with Gasteiger partial charge >= 0.3 is 0 Å². The molecule has 162 valence electrons. The van der Waals surface area contributed by atoms with Crippen LogP contribution in [0.25, 0.3) is 11.0 Å². The van der Waals surface area contributed by atoms with Crippen LogP contribution in [0.1, 0.15) is 24.7 Å². The van der Waals surface area contributed by atoms with Crippen LogP contribution in [0.3, 0.4) is 0 Å². The average molecular weight is 439 g/mol. The summed E-state index contributed by atoms with van der Waals surface area (Å²) < 4.78 is 5.18. The smallest absolute Gasteiger partial charge is 0.227 e. The van der Waals surface area contributed by atoms with E-state index in [0.717, 1.165) is 40.5 Å². The van der Waals surface area contributed by atoms with Crippen LogP contribution in [-0.4, -0.2) is 47.4 Å². The van der Waals surface area contributed by atoms with Gasteiger partial charge in [-0.3, -0.25) is 9.59 Å². The molecule has 8 heteroatoms. The van der Waals surface area contributed by atoms with Crippen molar-refractivity contribution in [2.75, 3.05) is 30.6 Å². The number of nitrogens with zero attached hydrogens (tertiary/aromatic N) is 2. The number of hydrogen-bond acceptors (Lipinski definition) is 5. The molecule has 0 bridgehead atoms. The first-order chi connectivity index (χ1) is 15.1. The number of H-pyrrole nitrogens is 1. The summed E-state index contributed by atoms with van der Waals surface area (Å²) in [5, 5.41) is 3.14. The number of benzene rings is 2. The number of ether oxygens (including phenoxy) is 1. The van der Waals surface area contributed by atoms with Crippen molar-refractivity contribution in [2.45, 2.75) is 18.9 Å². The highest BCUT2D eigenvalue weighted by atomic mass is 32.2. The van der Waals surface area contributed by atoms with E-state index in [4.69, 9.17) is 4.74 Å². The maximum atomic E-state index is 13.1. The van der Waals surface area contributed by atoms with E-state index < -0.39 is 5.92 Å². The highest BCUT2D eigenvalue weighted by molar-refractivity contribution is 7.98. The zero-order valence-corrected chi connectivity index (χ0v) is 18.4. The molecule has 2 aromatic carbocycles. The topological polar surface area (TPSA) is 87.3 Å². The number of amides is 2. The van der Waals surface area contributed by atoms with Crippen LogP contribution in [0.5, 0.6) is 5.75 Å². The van der Waals surface area contributed by atoms with E-state index in [1.165, 1.54) is 0 Å². The van der Waals surface area contributed by atoms with Gasteiger partial charge in [0.25, 0.3) is 0 Å². The van der Waals surface area contributed by atoms with Crippen molar-refractivity contribution in [1.29, 1.82) is 0 Å². The predicted octanol–water partition coefficient (Wildman–Crippen LogP) is 3.54. The Balaban J connectivity index is 1.47. The van der Waals surface area contributed by atoms with E-state index in [1.807, 2.05) is 54.8 Å². The van der Waals surface area contributed by atoms with Gasteiger partial charge in [-0.25, -0.2) is 4.98 Å². The number of hydrogen-bond donors (Lipinski definition) is 2. The third kappa shape index (κ3) is 4.69. The molecule has 2 atom stereocenters. The third-order valence-electron chi connectivity index (χ3n) is 5.54. The summed E-state index contributed by atoms with van der Waals surface area (Å²) in [6.45, 7) is 0.367. The van der Waals surface area contributed by atoms with Crippen LogP contribution >= 0.6 is 11.8 Å². The highest BCUT2D eigenvalue weighted by Gasteiger charge is 2.36. The average Bonchev–Trinajstić information content (AvgIpc) is 3.40. The second-order valence-electron chi connectivity index (χ2n) is 7.59. The molecule has 1 fully saturated rings. The molecule has 2 N–H and O–H groups in total. The van der Waals surface area contributed by atoms with Gasteiger partial charge in [0.1, 0.15) is 11.6 Å². The summed E-state index contributed by atoms with van der Waals surface area (Å²) in [4.78, 5) is 35.3. The Morgan fingerprint density at radius 2 is 2.06 bits per heavy atom. The minimum Gasteiger partial charge on any atom is -0.497 e. The van der Waals surface area contributed by atoms with Crippen molar-refractivity contribution in [2.24, 2.45) is 5.92 Å². The molecule has 0 spiro atoms. The monoisotopic (exact) mass is 438 g/mol. The number of methoxy groups -OCH3 is 1. The lowest BCUT2D eigenvalue weighted by Crippen LogP contribution is -2.36. The number of fused-ring (bicyclic) bond motifs is 1. The Morgan fingerprint density at radius 3 is 2.77 bits per heavy atom. The van der Waals surface area contributed by atoms with Gasteiger partial charge in [0.2, 0.25) is 11.8 Å². The van der Waals surface area contributed by atoms with Crippen molar-refractivity contribution in [3.63, 3.8) is 0 Å². The molecule has 1 aromatic heterocycles. The number of thioether (sulfide) groups is 1. The van der Waals surface area contributed by atoms with Crippen LogP contribution in [0.2, 0.25) is 0 Å². The molecule has 0 radical (unpaired) electrons. The Bertz CT molecular complexity index is 1030. The fourth-order valence-corrected chi connectivity index (χ4v) is 4.31. The van der Waals surface area contributed by atoms with E-state index in [9.17, 15) is 9.59 Å². The van der Waals surface area contributed by atoms with Crippen LogP contribution < -0.4 is 15.0 Å². The molecule has 4 rings (SSSR count). The predicted molar refractivity (Wildman–Crippen MR) is 123 cm³/mol. The van der Waals surface area contributed by atoms with E-state index >= 15 is 0 Å². The van der Waals surface area contributed by atoms with Gasteiger partial charge in [-0.05, 0) is 54.8 Å². The summed E-state index contributed by atoms with van der Waals surface area (Å²) in [5.74, 6) is 1.82. The number of aromatic nitrogens is 2. The molecular weight excluding hydrogens is 412 g/mol. The van der Waals surface area contributed by atoms with Gasteiger partial charge in [0, 0.05) is 18.7 Å². The van der Waals surface area contributed by atoms with E-state index in [-0.39, 0.29) is 24.3 Å². The number of nitrogens with one attached hydrogen (secondary N) is 2. The van der Waals surface area contributed by atoms with Gasteiger partial charge in [0.05, 0.1) is 30.1 Å². The van der Waals surface area contributed by atoms with Gasteiger partial charge < -0.3 is 19.9 Å². The number of imidazole rings is 1. The lowest BCUT2D eigenvalue weighted by atomic mass is 10.1. The second kappa shape index (κ2) is 9.43. The van der Waals surface area contributed by atoms with Gasteiger partial charge in [-0.15, -0.1) is 0 Å². The number of aromatic amines is 1. The maximum absolute atomic E-state index is 13.1. The summed E-state index contributed by atoms with van der Waals surface area (Å²) >= 11 is 1.73. The molecule has 7 nitrogen and oxygen atoms in total. The van der Waals surface area contributed by atoms with Crippen molar-refractivity contribution < 1.29 is 14.3 Å². The van der Waals surface area contributed by atoms with Gasteiger partial charge in [-0.1, -0.05) is 12.1 Å². The SMILES string of the molecule is COc1ccc(N2C[C@@H](C(=O)N[C@H](CCSC)c3nc4ccccc4[nH]3)CC2=O)cc1.